The van der Waals surface area contributed by atoms with E-state index in [1.807, 2.05) is 19.9 Å². The van der Waals surface area contributed by atoms with Crippen LogP contribution >= 0.6 is 0 Å². The zero-order valence-corrected chi connectivity index (χ0v) is 35.0. The van der Waals surface area contributed by atoms with Crippen LogP contribution in [-0.2, 0) is 40.1 Å². The number of benzene rings is 1. The summed E-state index contributed by atoms with van der Waals surface area (Å²) < 4.78 is 100. The number of Topliss-reactive ketones (excluding diaryl/α,β-unsaturated/α-hetero) is 1. The Morgan fingerprint density at radius 2 is 1.78 bits per heavy atom. The number of fused-ring (bicyclic) bond motifs is 3. The highest BCUT2D eigenvalue weighted by Crippen LogP contribution is 2.58. The molecule has 2 aliphatic carbocycles. The van der Waals surface area contributed by atoms with Gasteiger partial charge in [0, 0.05) is 18.2 Å². The molecule has 17 heteroatoms. The predicted octanol–water partition coefficient (Wildman–Crippen LogP) is 6.88. The van der Waals surface area contributed by atoms with Crippen molar-refractivity contribution in [3.8, 4) is 11.6 Å². The zero-order valence-electron chi connectivity index (χ0n) is 34.2. The van der Waals surface area contributed by atoms with Gasteiger partial charge in [0.1, 0.15) is 34.6 Å². The first-order valence-corrected chi connectivity index (χ1v) is 21.6. The Morgan fingerprint density at radius 1 is 1.07 bits per heavy atom. The fourth-order valence-electron chi connectivity index (χ4n) is 8.53. The van der Waals surface area contributed by atoms with Gasteiger partial charge in [0.25, 0.3) is 0 Å². The predicted molar refractivity (Wildman–Crippen MR) is 208 cm³/mol. The van der Waals surface area contributed by atoms with Crippen molar-refractivity contribution in [3.63, 3.8) is 0 Å². The molecule has 2 aromatic rings. The Kier molecular flexibility index (Phi) is 12.2. The molecule has 1 aromatic heterocycles. The van der Waals surface area contributed by atoms with Crippen LogP contribution in [0.1, 0.15) is 98.1 Å². The number of methoxy groups -OCH3 is 1. The third-order valence-corrected chi connectivity index (χ3v) is 14.3. The van der Waals surface area contributed by atoms with Crippen LogP contribution < -0.4 is 14.2 Å². The first-order chi connectivity index (χ1) is 27.5. The Hall–Kier alpha value is -4.28. The van der Waals surface area contributed by atoms with Crippen molar-refractivity contribution in [2.24, 2.45) is 29.1 Å². The lowest BCUT2D eigenvalue weighted by Gasteiger charge is -2.32. The first-order valence-electron chi connectivity index (χ1n) is 20.1. The molecule has 12 nitrogen and oxygen atoms in total. The largest absolute Gasteiger partial charge is 0.497 e. The summed E-state index contributed by atoms with van der Waals surface area (Å²) in [5.41, 5.74) is -3.61. The molecule has 0 unspecified atom stereocenters. The molecule has 2 saturated carbocycles. The number of carbonyl (C=O) groups excluding carboxylic acids is 4. The van der Waals surface area contributed by atoms with Gasteiger partial charge >= 0.3 is 12.1 Å². The van der Waals surface area contributed by atoms with Gasteiger partial charge in [-0.3, -0.25) is 23.9 Å². The molecule has 0 radical (unpaired) electrons. The summed E-state index contributed by atoms with van der Waals surface area (Å²) in [5.74, 6) is -4.61. The summed E-state index contributed by atoms with van der Waals surface area (Å²) in [7, 11) is -3.06. The number of alkyl halides is 4. The standard InChI is InChI=1S/C42H53F4N3O9S/c1-24-9-7-8-10-27-20-41(27,38(53)48-59(54,55)40(23-43)13-14-40)21-33(50)32-18-29(22-49(32)37(52)31(25(2)15-24)19-35(51)58-39(3,4)5)57-36-30-12-11-28(56-6)16-26(30)17-34(47-36)42(44,45)46/h8,10-12,16-17,24-25,27,29,31-32H,7,9,13-15,18-23H2,1-6H3,(H,48,53)/b10-8-/t24-,25+,27+,29+,31-,32-,41+/m0/s1. The van der Waals surface area contributed by atoms with Crippen LogP contribution in [0.4, 0.5) is 17.6 Å². The van der Waals surface area contributed by atoms with Crippen LogP contribution in [0.25, 0.3) is 10.8 Å². The Morgan fingerprint density at radius 3 is 2.41 bits per heavy atom. The van der Waals surface area contributed by atoms with E-state index in [0.29, 0.717) is 25.0 Å². The molecule has 2 aliphatic heterocycles. The molecule has 324 valence electrons. The minimum absolute atomic E-state index is 0.0482. The average molecular weight is 852 g/mol. The number of ether oxygens (including phenoxy) is 3. The smallest absolute Gasteiger partial charge is 0.433 e. The van der Waals surface area contributed by atoms with Gasteiger partial charge in [-0.15, -0.1) is 0 Å². The lowest BCUT2D eigenvalue weighted by molar-refractivity contribution is -0.160. The third-order valence-electron chi connectivity index (χ3n) is 12.2. The molecule has 1 N–H and O–H groups in total. The molecular weight excluding hydrogens is 799 g/mol. The number of carbonyl (C=O) groups is 4. The number of esters is 1. The van der Waals surface area contributed by atoms with Crippen LogP contribution in [0.2, 0.25) is 0 Å². The van der Waals surface area contributed by atoms with E-state index in [4.69, 9.17) is 14.2 Å². The molecule has 3 fully saturated rings. The maximum atomic E-state index is 14.9. The quantitative estimate of drug-likeness (QED) is 0.160. The van der Waals surface area contributed by atoms with Crippen molar-refractivity contribution in [2.45, 2.75) is 121 Å². The Bertz CT molecular complexity index is 2120. The minimum Gasteiger partial charge on any atom is -0.497 e. The number of allylic oxidation sites excluding steroid dienone is 2. The zero-order chi connectivity index (χ0) is 43.3. The molecule has 6 rings (SSSR count). The number of aromatic nitrogens is 1. The van der Waals surface area contributed by atoms with Crippen molar-refractivity contribution in [2.75, 3.05) is 20.3 Å². The molecular formula is C42H53F4N3O9S. The molecule has 7 atom stereocenters. The molecule has 1 saturated heterocycles. The fourth-order valence-corrected chi connectivity index (χ4v) is 9.97. The number of amides is 2. The number of hydrogen-bond acceptors (Lipinski definition) is 10. The van der Waals surface area contributed by atoms with Gasteiger partial charge in [-0.1, -0.05) is 26.0 Å². The third kappa shape index (κ3) is 9.54. The second kappa shape index (κ2) is 16.3. The summed E-state index contributed by atoms with van der Waals surface area (Å²) >= 11 is 0. The van der Waals surface area contributed by atoms with E-state index in [1.165, 1.54) is 30.2 Å². The fraction of sp³-hybridized carbons (Fsp3) is 0.643. The van der Waals surface area contributed by atoms with Gasteiger partial charge < -0.3 is 19.1 Å². The van der Waals surface area contributed by atoms with Gasteiger partial charge in [0.15, 0.2) is 5.78 Å². The number of nitrogens with zero attached hydrogens (tertiary/aromatic N) is 2. The summed E-state index contributed by atoms with van der Waals surface area (Å²) in [5, 5.41) is 0.344. The number of rotatable bonds is 9. The summed E-state index contributed by atoms with van der Waals surface area (Å²) in [6, 6.07) is 4.02. The van der Waals surface area contributed by atoms with Crippen LogP contribution in [-0.4, -0.2) is 84.7 Å². The van der Waals surface area contributed by atoms with Gasteiger partial charge in [-0.25, -0.2) is 17.8 Å². The van der Waals surface area contributed by atoms with Crippen molar-refractivity contribution >= 4 is 44.4 Å². The topological polar surface area (TPSA) is 158 Å². The molecule has 59 heavy (non-hydrogen) atoms. The van der Waals surface area contributed by atoms with Gasteiger partial charge in [0.05, 0.1) is 37.5 Å². The van der Waals surface area contributed by atoms with Gasteiger partial charge in [0.2, 0.25) is 27.7 Å². The highest BCUT2D eigenvalue weighted by molar-refractivity contribution is 7.91. The lowest BCUT2D eigenvalue weighted by Crippen LogP contribution is -2.48. The molecule has 1 aromatic carbocycles. The Labute approximate surface area is 341 Å². The number of pyridine rings is 1. The van der Waals surface area contributed by atoms with E-state index < -0.39 is 98.3 Å². The highest BCUT2D eigenvalue weighted by Gasteiger charge is 2.63. The van der Waals surface area contributed by atoms with E-state index in [-0.39, 0.29) is 67.1 Å². The maximum absolute atomic E-state index is 14.9. The lowest BCUT2D eigenvalue weighted by atomic mass is 9.82. The van der Waals surface area contributed by atoms with Crippen molar-refractivity contribution in [1.82, 2.24) is 14.6 Å². The van der Waals surface area contributed by atoms with E-state index in [2.05, 4.69) is 9.71 Å². The minimum atomic E-state index is -4.85. The second-order valence-electron chi connectivity index (χ2n) is 18.0. The summed E-state index contributed by atoms with van der Waals surface area (Å²) in [4.78, 5) is 61.9. The highest BCUT2D eigenvalue weighted by atomic mass is 32.2. The Balaban J connectivity index is 1.38. The average Bonchev–Trinajstić information content (AvgIpc) is 4.05. The molecule has 0 bridgehead atoms. The molecule has 3 heterocycles. The molecule has 4 aliphatic rings. The monoisotopic (exact) mass is 851 g/mol. The second-order valence-corrected chi connectivity index (χ2v) is 20.0. The van der Waals surface area contributed by atoms with Crippen LogP contribution in [0.3, 0.4) is 0 Å². The van der Waals surface area contributed by atoms with E-state index >= 15 is 0 Å². The number of ketones is 1. The van der Waals surface area contributed by atoms with E-state index in [1.54, 1.807) is 26.8 Å². The molecule has 2 amide bonds. The van der Waals surface area contributed by atoms with Crippen molar-refractivity contribution < 1.29 is 59.4 Å². The first kappa shape index (κ1) is 44.3. The normalized spacial score (nSPS) is 29.4. The number of halogens is 4. The summed E-state index contributed by atoms with van der Waals surface area (Å²) in [6.45, 7) is 7.53. The number of sulfonamides is 1. The van der Waals surface area contributed by atoms with Gasteiger partial charge in [-0.05, 0) is 107 Å². The van der Waals surface area contributed by atoms with E-state index in [0.717, 1.165) is 6.07 Å². The maximum Gasteiger partial charge on any atom is 0.433 e. The van der Waals surface area contributed by atoms with Crippen LogP contribution in [0, 0.1) is 29.1 Å². The van der Waals surface area contributed by atoms with Crippen molar-refractivity contribution in [1.29, 1.82) is 0 Å². The molecule has 0 spiro atoms. The number of hydrogen-bond donors (Lipinski definition) is 1. The van der Waals surface area contributed by atoms with E-state index in [9.17, 15) is 45.2 Å². The number of nitrogens with one attached hydrogen (secondary N) is 1. The van der Waals surface area contributed by atoms with Crippen molar-refractivity contribution in [3.05, 3.63) is 42.1 Å². The summed E-state index contributed by atoms with van der Waals surface area (Å²) in [6.07, 6.45) is -1.18. The SMILES string of the molecule is COc1ccc2c(O[C@@H]3C[C@H]4C(=O)C[C@]5(C(=O)NS(=O)(=O)C6(CF)CC6)C[C@H]5/C=C\CC[C@H](C)C[C@@H](C)[C@H](CC(=O)OC(C)(C)C)C(=O)N4C3)nc(C(F)(F)F)cc2c1. The van der Waals surface area contributed by atoms with Gasteiger partial charge in [-0.2, -0.15) is 13.2 Å². The van der Waals surface area contributed by atoms with Crippen LogP contribution in [0.15, 0.2) is 36.4 Å². The van der Waals surface area contributed by atoms with Crippen LogP contribution in [0.5, 0.6) is 11.6 Å².